The SMILES string of the molecule is O=[N+]([O-])c1cn2c(n1)O[C@@H](COc1ccc(/C=C/CN3CCNCC3)cc1)CC2. The summed E-state index contributed by atoms with van der Waals surface area (Å²) >= 11 is 0. The number of fused-ring (bicyclic) bond motifs is 1. The first-order valence-corrected chi connectivity index (χ1v) is 9.88. The molecule has 1 aromatic carbocycles. The lowest BCUT2D eigenvalue weighted by Gasteiger charge is -2.25. The molecule has 1 saturated heterocycles. The molecule has 29 heavy (non-hydrogen) atoms. The van der Waals surface area contributed by atoms with E-state index in [4.69, 9.17) is 9.47 Å². The van der Waals surface area contributed by atoms with E-state index in [0.29, 0.717) is 19.6 Å². The van der Waals surface area contributed by atoms with Gasteiger partial charge >= 0.3 is 11.8 Å². The number of nitro groups is 1. The number of hydrogen-bond donors (Lipinski definition) is 1. The van der Waals surface area contributed by atoms with Gasteiger partial charge in [-0.1, -0.05) is 24.3 Å². The molecule has 1 atom stereocenters. The molecular weight excluding hydrogens is 374 g/mol. The minimum Gasteiger partial charge on any atom is -0.490 e. The molecule has 0 aliphatic carbocycles. The minimum atomic E-state index is -0.514. The number of hydrogen-bond acceptors (Lipinski definition) is 7. The highest BCUT2D eigenvalue weighted by Gasteiger charge is 2.28. The second kappa shape index (κ2) is 9.06. The maximum atomic E-state index is 10.8. The van der Waals surface area contributed by atoms with Crippen LogP contribution in [0.15, 0.2) is 36.5 Å². The summed E-state index contributed by atoms with van der Waals surface area (Å²) in [6, 6.07) is 8.22. The Morgan fingerprint density at radius 2 is 2.07 bits per heavy atom. The fraction of sp³-hybridized carbons (Fsp3) is 0.450. The number of aryl methyl sites for hydroxylation is 1. The van der Waals surface area contributed by atoms with E-state index in [9.17, 15) is 10.1 Å². The van der Waals surface area contributed by atoms with Gasteiger partial charge in [-0.25, -0.2) is 0 Å². The Morgan fingerprint density at radius 1 is 1.28 bits per heavy atom. The molecule has 2 aromatic rings. The van der Waals surface area contributed by atoms with Crippen molar-refractivity contribution < 1.29 is 14.4 Å². The highest BCUT2D eigenvalue weighted by atomic mass is 16.6. The van der Waals surface area contributed by atoms with Gasteiger partial charge in [0.15, 0.2) is 0 Å². The van der Waals surface area contributed by atoms with E-state index in [2.05, 4.69) is 27.4 Å². The molecule has 0 saturated carbocycles. The third-order valence-corrected chi connectivity index (χ3v) is 5.08. The van der Waals surface area contributed by atoms with Gasteiger partial charge in [0.25, 0.3) is 0 Å². The molecule has 154 valence electrons. The number of nitrogens with zero attached hydrogens (tertiary/aromatic N) is 4. The summed E-state index contributed by atoms with van der Waals surface area (Å²) in [5.41, 5.74) is 1.13. The van der Waals surface area contributed by atoms with Crippen LogP contribution in [0.1, 0.15) is 12.0 Å². The molecule has 0 bridgehead atoms. The Labute approximate surface area is 169 Å². The van der Waals surface area contributed by atoms with Crippen molar-refractivity contribution in [3.8, 4) is 11.8 Å². The van der Waals surface area contributed by atoms with Crippen molar-refractivity contribution in [2.75, 3.05) is 39.3 Å². The van der Waals surface area contributed by atoms with Crippen molar-refractivity contribution in [3.63, 3.8) is 0 Å². The normalized spacial score (nSPS) is 19.7. The molecule has 9 heteroatoms. The topological polar surface area (TPSA) is 94.7 Å². The maximum absolute atomic E-state index is 10.8. The summed E-state index contributed by atoms with van der Waals surface area (Å²) in [5, 5.41) is 14.2. The van der Waals surface area contributed by atoms with Gasteiger partial charge in [0.05, 0.1) is 0 Å². The summed E-state index contributed by atoms with van der Waals surface area (Å²) < 4.78 is 13.2. The third kappa shape index (κ3) is 5.12. The smallest absolute Gasteiger partial charge is 0.414 e. The van der Waals surface area contributed by atoms with E-state index in [0.717, 1.165) is 44.0 Å². The first-order chi connectivity index (χ1) is 14.2. The monoisotopic (exact) mass is 399 g/mol. The molecule has 1 N–H and O–H groups in total. The predicted octanol–water partition coefficient (Wildman–Crippen LogP) is 1.94. The van der Waals surface area contributed by atoms with E-state index in [1.807, 2.05) is 24.3 Å². The number of benzene rings is 1. The first kappa shape index (κ1) is 19.4. The van der Waals surface area contributed by atoms with Crippen LogP contribution in [0.25, 0.3) is 6.08 Å². The van der Waals surface area contributed by atoms with Gasteiger partial charge in [0, 0.05) is 50.7 Å². The van der Waals surface area contributed by atoms with Crippen LogP contribution in [-0.4, -0.2) is 64.8 Å². The van der Waals surface area contributed by atoms with Crippen LogP contribution in [0.4, 0.5) is 5.82 Å². The molecule has 4 rings (SSSR count). The average Bonchev–Trinajstić information content (AvgIpc) is 3.18. The molecular formula is C20H25N5O4. The van der Waals surface area contributed by atoms with Gasteiger partial charge in [0.2, 0.25) is 0 Å². The molecule has 9 nitrogen and oxygen atoms in total. The summed E-state index contributed by atoms with van der Waals surface area (Å²) in [4.78, 5) is 16.6. The summed E-state index contributed by atoms with van der Waals surface area (Å²) in [5.74, 6) is 0.579. The van der Waals surface area contributed by atoms with Crippen LogP contribution in [0, 0.1) is 10.1 Å². The van der Waals surface area contributed by atoms with Crippen LogP contribution in [0.2, 0.25) is 0 Å². The largest absolute Gasteiger partial charge is 0.490 e. The van der Waals surface area contributed by atoms with Crippen molar-refractivity contribution >= 4 is 11.9 Å². The van der Waals surface area contributed by atoms with Gasteiger partial charge in [-0.2, -0.15) is 0 Å². The lowest BCUT2D eigenvalue weighted by molar-refractivity contribution is -0.389. The molecule has 3 heterocycles. The van der Waals surface area contributed by atoms with E-state index in [1.54, 1.807) is 4.57 Å². The maximum Gasteiger partial charge on any atom is 0.414 e. The van der Waals surface area contributed by atoms with E-state index in [1.165, 1.54) is 6.20 Å². The van der Waals surface area contributed by atoms with Crippen molar-refractivity contribution in [2.24, 2.45) is 0 Å². The molecule has 0 spiro atoms. The van der Waals surface area contributed by atoms with Crippen LogP contribution in [0.5, 0.6) is 11.8 Å². The second-order valence-corrected chi connectivity index (χ2v) is 7.19. The Kier molecular flexibility index (Phi) is 6.06. The average molecular weight is 399 g/mol. The Hall–Kier alpha value is -2.91. The number of piperazine rings is 1. The van der Waals surface area contributed by atoms with Gasteiger partial charge in [-0.05, 0) is 22.6 Å². The zero-order valence-corrected chi connectivity index (χ0v) is 16.2. The molecule has 0 amide bonds. The number of nitrogens with one attached hydrogen (secondary N) is 1. The Bertz CT molecular complexity index is 858. The summed E-state index contributed by atoms with van der Waals surface area (Å²) in [7, 11) is 0. The van der Waals surface area contributed by atoms with Crippen molar-refractivity contribution in [1.29, 1.82) is 0 Å². The van der Waals surface area contributed by atoms with Crippen LogP contribution in [-0.2, 0) is 6.54 Å². The molecule has 1 aromatic heterocycles. The van der Waals surface area contributed by atoms with Crippen molar-refractivity contribution in [3.05, 3.63) is 52.2 Å². The molecule has 2 aliphatic heterocycles. The van der Waals surface area contributed by atoms with Crippen LogP contribution < -0.4 is 14.8 Å². The predicted molar refractivity (Wildman–Crippen MR) is 108 cm³/mol. The van der Waals surface area contributed by atoms with Gasteiger partial charge in [-0.3, -0.25) is 9.47 Å². The Morgan fingerprint density at radius 3 is 2.83 bits per heavy atom. The fourth-order valence-corrected chi connectivity index (χ4v) is 3.43. The Balaban J connectivity index is 1.24. The zero-order chi connectivity index (χ0) is 20.1. The molecule has 0 unspecified atom stereocenters. The van der Waals surface area contributed by atoms with Crippen molar-refractivity contribution in [1.82, 2.24) is 19.8 Å². The molecule has 0 radical (unpaired) electrons. The van der Waals surface area contributed by atoms with Gasteiger partial charge in [-0.15, -0.1) is 0 Å². The second-order valence-electron chi connectivity index (χ2n) is 7.19. The number of rotatable bonds is 7. The van der Waals surface area contributed by atoms with Crippen LogP contribution >= 0.6 is 0 Å². The summed E-state index contributed by atoms with van der Waals surface area (Å²) in [6.45, 7) is 6.27. The number of aromatic nitrogens is 2. The third-order valence-electron chi connectivity index (χ3n) is 5.08. The highest BCUT2D eigenvalue weighted by Crippen LogP contribution is 2.24. The molecule has 2 aliphatic rings. The van der Waals surface area contributed by atoms with E-state index >= 15 is 0 Å². The highest BCUT2D eigenvalue weighted by molar-refractivity contribution is 5.50. The molecule has 1 fully saturated rings. The minimum absolute atomic E-state index is 0.178. The van der Waals surface area contributed by atoms with Crippen LogP contribution in [0.3, 0.4) is 0 Å². The number of ether oxygens (including phenoxy) is 2. The summed E-state index contributed by atoms with van der Waals surface area (Å²) in [6.07, 6.45) is 6.26. The fourth-order valence-electron chi connectivity index (χ4n) is 3.43. The zero-order valence-electron chi connectivity index (χ0n) is 16.2. The lowest BCUT2D eigenvalue weighted by Crippen LogP contribution is -2.43. The standard InChI is InChI=1S/C20H25N5O4/c26-25(27)19-14-24-11-7-18(29-20(24)22-19)15-28-17-5-3-16(4-6-17)2-1-10-23-12-8-21-9-13-23/h1-6,14,18,21H,7-13,15H2/b2-1+/t18-/m1/s1. The van der Waals surface area contributed by atoms with Crippen molar-refractivity contribution in [2.45, 2.75) is 19.1 Å². The van der Waals surface area contributed by atoms with E-state index < -0.39 is 4.92 Å². The van der Waals surface area contributed by atoms with Gasteiger partial charge < -0.3 is 24.9 Å². The van der Waals surface area contributed by atoms with E-state index in [-0.39, 0.29) is 17.9 Å². The first-order valence-electron chi connectivity index (χ1n) is 9.88. The quantitative estimate of drug-likeness (QED) is 0.562. The number of imidazole rings is 1. The van der Waals surface area contributed by atoms with Gasteiger partial charge in [0.1, 0.15) is 24.7 Å². The lowest BCUT2D eigenvalue weighted by atomic mass is 10.2.